The van der Waals surface area contributed by atoms with Gasteiger partial charge in [0.1, 0.15) is 0 Å². The number of aromatic nitrogens is 3. The van der Waals surface area contributed by atoms with Crippen LogP contribution in [-0.4, -0.2) is 21.0 Å². The average Bonchev–Trinajstić information content (AvgIpc) is 2.48. The predicted molar refractivity (Wildman–Crippen MR) is 52.2 cm³/mol. The molecule has 1 rings (SSSR count). The van der Waals surface area contributed by atoms with Gasteiger partial charge in [0.05, 0.1) is 11.9 Å². The number of hydrogen-bond donors (Lipinski definition) is 1. The van der Waals surface area contributed by atoms with E-state index in [0.29, 0.717) is 6.04 Å². The molecule has 0 radical (unpaired) electrons. The van der Waals surface area contributed by atoms with Crippen molar-refractivity contribution in [2.24, 2.45) is 12.8 Å². The Kier molecular flexibility index (Phi) is 3.89. The molecule has 13 heavy (non-hydrogen) atoms. The fraction of sp³-hybridized carbons (Fsp3) is 0.778. The minimum Gasteiger partial charge on any atom is -0.328 e. The molecular weight excluding hydrogens is 164 g/mol. The van der Waals surface area contributed by atoms with Gasteiger partial charge in [-0.05, 0) is 19.3 Å². The van der Waals surface area contributed by atoms with Crippen molar-refractivity contribution >= 4 is 0 Å². The Balaban J connectivity index is 2.30. The van der Waals surface area contributed by atoms with E-state index < -0.39 is 0 Å². The molecule has 0 fully saturated rings. The summed E-state index contributed by atoms with van der Waals surface area (Å²) in [6, 6.07) is 0.319. The molecule has 0 aliphatic rings. The van der Waals surface area contributed by atoms with Gasteiger partial charge in [-0.2, -0.15) is 0 Å². The Morgan fingerprint density at radius 2 is 2.31 bits per heavy atom. The van der Waals surface area contributed by atoms with Crippen LogP contribution in [0.25, 0.3) is 0 Å². The van der Waals surface area contributed by atoms with E-state index >= 15 is 0 Å². The van der Waals surface area contributed by atoms with Crippen LogP contribution in [0.5, 0.6) is 0 Å². The van der Waals surface area contributed by atoms with Crippen LogP contribution >= 0.6 is 0 Å². The predicted octanol–water partition coefficient (Wildman–Crippen LogP) is 0.875. The third kappa shape index (κ3) is 3.14. The summed E-state index contributed by atoms with van der Waals surface area (Å²) < 4.78 is 1.80. The zero-order valence-corrected chi connectivity index (χ0v) is 8.40. The molecule has 1 atom stereocenters. The summed E-state index contributed by atoms with van der Waals surface area (Å²) in [6.07, 6.45) is 6.06. The summed E-state index contributed by atoms with van der Waals surface area (Å²) >= 11 is 0. The van der Waals surface area contributed by atoms with Crippen LogP contribution in [0.1, 0.15) is 31.9 Å². The highest BCUT2D eigenvalue weighted by Gasteiger charge is 2.04. The fourth-order valence-corrected chi connectivity index (χ4v) is 1.39. The normalized spacial score (nSPS) is 13.2. The second-order valence-electron chi connectivity index (χ2n) is 3.44. The van der Waals surface area contributed by atoms with Crippen molar-refractivity contribution in [1.29, 1.82) is 0 Å². The highest BCUT2D eigenvalue weighted by molar-refractivity contribution is 4.93. The number of nitrogens with two attached hydrogens (primary N) is 1. The molecule has 4 heteroatoms. The van der Waals surface area contributed by atoms with Gasteiger partial charge in [0, 0.05) is 13.1 Å². The third-order valence-corrected chi connectivity index (χ3v) is 2.24. The largest absolute Gasteiger partial charge is 0.328 e. The van der Waals surface area contributed by atoms with E-state index in [1.54, 1.807) is 10.9 Å². The molecule has 2 N–H and O–H groups in total. The molecule has 4 nitrogen and oxygen atoms in total. The summed E-state index contributed by atoms with van der Waals surface area (Å²) in [5.74, 6) is 0. The molecule has 0 aliphatic carbocycles. The van der Waals surface area contributed by atoms with Crippen LogP contribution in [0, 0.1) is 0 Å². The van der Waals surface area contributed by atoms with E-state index in [0.717, 1.165) is 31.4 Å². The monoisotopic (exact) mass is 182 g/mol. The maximum Gasteiger partial charge on any atom is 0.0724 e. The molecule has 1 aromatic rings. The van der Waals surface area contributed by atoms with Crippen molar-refractivity contribution in [3.8, 4) is 0 Å². The van der Waals surface area contributed by atoms with Gasteiger partial charge in [-0.1, -0.05) is 18.6 Å². The quantitative estimate of drug-likeness (QED) is 0.735. The van der Waals surface area contributed by atoms with Gasteiger partial charge < -0.3 is 5.73 Å². The minimum atomic E-state index is 0.319. The maximum absolute atomic E-state index is 5.90. The van der Waals surface area contributed by atoms with Gasteiger partial charge in [-0.3, -0.25) is 4.68 Å². The Hall–Kier alpha value is -0.900. The first-order chi connectivity index (χ1) is 6.24. The van der Waals surface area contributed by atoms with E-state index in [4.69, 9.17) is 5.73 Å². The second-order valence-corrected chi connectivity index (χ2v) is 3.44. The zero-order chi connectivity index (χ0) is 9.68. The fourth-order valence-electron chi connectivity index (χ4n) is 1.39. The summed E-state index contributed by atoms with van der Waals surface area (Å²) in [4.78, 5) is 0. The Labute approximate surface area is 79.1 Å². The highest BCUT2D eigenvalue weighted by atomic mass is 15.4. The van der Waals surface area contributed by atoms with Crippen LogP contribution in [0.4, 0.5) is 0 Å². The van der Waals surface area contributed by atoms with Gasteiger partial charge in [0.15, 0.2) is 0 Å². The first-order valence-electron chi connectivity index (χ1n) is 4.83. The van der Waals surface area contributed by atoms with Crippen molar-refractivity contribution < 1.29 is 0 Å². The molecule has 1 aromatic heterocycles. The van der Waals surface area contributed by atoms with Crippen LogP contribution in [0.15, 0.2) is 6.20 Å². The molecule has 1 heterocycles. The smallest absolute Gasteiger partial charge is 0.0724 e. The highest BCUT2D eigenvalue weighted by Crippen LogP contribution is 2.04. The first kappa shape index (κ1) is 10.2. The van der Waals surface area contributed by atoms with Crippen molar-refractivity contribution in [2.75, 3.05) is 0 Å². The maximum atomic E-state index is 5.90. The summed E-state index contributed by atoms with van der Waals surface area (Å²) in [6.45, 7) is 2.16. The lowest BCUT2D eigenvalue weighted by atomic mass is 10.1. The van der Waals surface area contributed by atoms with E-state index in [1.165, 1.54) is 0 Å². The molecule has 0 spiro atoms. The Morgan fingerprint density at radius 1 is 1.54 bits per heavy atom. The molecule has 0 amide bonds. The Bertz CT molecular complexity index is 244. The average molecular weight is 182 g/mol. The molecule has 0 bridgehead atoms. The topological polar surface area (TPSA) is 56.7 Å². The zero-order valence-electron chi connectivity index (χ0n) is 8.40. The molecule has 0 saturated carbocycles. The summed E-state index contributed by atoms with van der Waals surface area (Å²) in [7, 11) is 1.91. The van der Waals surface area contributed by atoms with E-state index in [9.17, 15) is 0 Å². The lowest BCUT2D eigenvalue weighted by molar-refractivity contribution is 0.546. The number of nitrogens with zero attached hydrogens (tertiary/aromatic N) is 3. The molecular formula is C9H18N4. The van der Waals surface area contributed by atoms with Crippen LogP contribution in [0.3, 0.4) is 0 Å². The van der Waals surface area contributed by atoms with Crippen LogP contribution in [0.2, 0.25) is 0 Å². The molecule has 0 aliphatic heterocycles. The number of hydrogen-bond acceptors (Lipinski definition) is 3. The third-order valence-electron chi connectivity index (χ3n) is 2.24. The van der Waals surface area contributed by atoms with Crippen molar-refractivity contribution in [1.82, 2.24) is 15.0 Å². The van der Waals surface area contributed by atoms with Crippen molar-refractivity contribution in [2.45, 2.75) is 38.6 Å². The molecule has 0 aromatic carbocycles. The first-order valence-corrected chi connectivity index (χ1v) is 4.83. The molecule has 0 saturated heterocycles. The SMILES string of the molecule is CCCC(N)CCc1cnnn1C. The van der Waals surface area contributed by atoms with Gasteiger partial charge >= 0.3 is 0 Å². The van der Waals surface area contributed by atoms with E-state index in [-0.39, 0.29) is 0 Å². The van der Waals surface area contributed by atoms with Crippen LogP contribution < -0.4 is 5.73 Å². The number of aryl methyl sites for hydroxylation is 2. The van der Waals surface area contributed by atoms with Crippen molar-refractivity contribution in [3.05, 3.63) is 11.9 Å². The van der Waals surface area contributed by atoms with Gasteiger partial charge in [-0.15, -0.1) is 5.10 Å². The van der Waals surface area contributed by atoms with Crippen LogP contribution in [-0.2, 0) is 13.5 Å². The second kappa shape index (κ2) is 4.97. The van der Waals surface area contributed by atoms with Gasteiger partial charge in [0.25, 0.3) is 0 Å². The molecule has 74 valence electrons. The summed E-state index contributed by atoms with van der Waals surface area (Å²) in [5.41, 5.74) is 7.06. The van der Waals surface area contributed by atoms with Gasteiger partial charge in [-0.25, -0.2) is 0 Å². The van der Waals surface area contributed by atoms with E-state index in [1.807, 2.05) is 7.05 Å². The lowest BCUT2D eigenvalue weighted by Gasteiger charge is -2.08. The standard InChI is InChI=1S/C9H18N4/c1-3-4-8(10)5-6-9-7-11-12-13(9)2/h7-8H,3-6,10H2,1-2H3. The molecule has 1 unspecified atom stereocenters. The van der Waals surface area contributed by atoms with E-state index in [2.05, 4.69) is 17.2 Å². The van der Waals surface area contributed by atoms with Gasteiger partial charge in [0.2, 0.25) is 0 Å². The minimum absolute atomic E-state index is 0.319. The Morgan fingerprint density at radius 3 is 2.85 bits per heavy atom. The van der Waals surface area contributed by atoms with Crippen molar-refractivity contribution in [3.63, 3.8) is 0 Å². The summed E-state index contributed by atoms with van der Waals surface area (Å²) in [5, 5.41) is 7.68. The number of rotatable bonds is 5. The lowest BCUT2D eigenvalue weighted by Crippen LogP contribution is -2.20.